The molecule has 0 aromatic heterocycles. The molecule has 20 heavy (non-hydrogen) atoms. The zero-order chi connectivity index (χ0) is 15.8. The highest BCUT2D eigenvalue weighted by molar-refractivity contribution is 5.68. The molecule has 0 atom stereocenters. The van der Waals surface area contributed by atoms with Crippen LogP contribution in [0.1, 0.15) is 17.5 Å². The summed E-state index contributed by atoms with van der Waals surface area (Å²) < 4.78 is 88.5. The molecule has 0 aliphatic carbocycles. The van der Waals surface area contributed by atoms with Gasteiger partial charge in [0.25, 0.3) is 5.92 Å². The molecule has 0 spiro atoms. The molecule has 0 aliphatic rings. The summed E-state index contributed by atoms with van der Waals surface area (Å²) in [7, 11) is 0. The lowest BCUT2D eigenvalue weighted by Gasteiger charge is -2.21. The fourth-order valence-electron chi connectivity index (χ4n) is 1.38. The molecule has 0 fully saturated rings. The number of benzene rings is 1. The first kappa shape index (κ1) is 16.3. The Morgan fingerprint density at radius 3 is 1.65 bits per heavy atom. The van der Waals surface area contributed by atoms with E-state index in [2.05, 4.69) is 0 Å². The third-order valence-electron chi connectivity index (χ3n) is 2.40. The maximum Gasteiger partial charge on any atom is 0.458 e. The van der Waals surface area contributed by atoms with Gasteiger partial charge in [0.15, 0.2) is 0 Å². The van der Waals surface area contributed by atoms with E-state index in [0.29, 0.717) is 12.1 Å². The van der Waals surface area contributed by atoms with Gasteiger partial charge in [-0.25, -0.2) is 8.78 Å². The molecule has 0 bridgehead atoms. The van der Waals surface area contributed by atoms with Crippen LogP contribution in [0.4, 0.5) is 30.7 Å². The molecule has 1 rings (SSSR count). The number of carboxylic acids is 1. The molecular weight excluding hydrogens is 297 g/mol. The normalized spacial score (nSPS) is 13.3. The van der Waals surface area contributed by atoms with E-state index in [0.717, 1.165) is 0 Å². The number of carboxylic acid groups (broad SMARTS) is 1. The van der Waals surface area contributed by atoms with Gasteiger partial charge in [0.05, 0.1) is 0 Å². The molecule has 0 saturated carbocycles. The predicted molar refractivity (Wildman–Crippen MR) is 52.5 cm³/mol. The van der Waals surface area contributed by atoms with Crippen LogP contribution in [0.2, 0.25) is 0 Å². The Morgan fingerprint density at radius 1 is 0.900 bits per heavy atom. The summed E-state index contributed by atoms with van der Waals surface area (Å²) in [6.45, 7) is 0. The van der Waals surface area contributed by atoms with E-state index in [1.165, 1.54) is 0 Å². The van der Waals surface area contributed by atoms with Crippen LogP contribution in [0, 0.1) is 0 Å². The van der Waals surface area contributed by atoms with Crippen LogP contribution >= 0.6 is 0 Å². The van der Waals surface area contributed by atoms with E-state index >= 15 is 0 Å². The topological polar surface area (TPSA) is 37.3 Å². The van der Waals surface area contributed by atoms with Crippen LogP contribution in [0.3, 0.4) is 0 Å². The minimum Gasteiger partial charge on any atom is -0.481 e. The van der Waals surface area contributed by atoms with E-state index < -0.39 is 41.5 Å². The Balaban J connectivity index is 3.09. The molecule has 1 N–H and O–H groups in total. The zero-order valence-corrected chi connectivity index (χ0v) is 9.52. The van der Waals surface area contributed by atoms with Crippen molar-refractivity contribution in [1.29, 1.82) is 0 Å². The van der Waals surface area contributed by atoms with Crippen molar-refractivity contribution in [3.8, 4) is 0 Å². The number of alkyl halides is 7. The molecule has 0 amide bonds. The van der Waals surface area contributed by atoms with Crippen molar-refractivity contribution in [1.82, 2.24) is 0 Å². The van der Waals surface area contributed by atoms with Crippen LogP contribution in [-0.2, 0) is 16.6 Å². The quantitative estimate of drug-likeness (QED) is 0.856. The van der Waals surface area contributed by atoms with Crippen molar-refractivity contribution in [2.24, 2.45) is 0 Å². The zero-order valence-electron chi connectivity index (χ0n) is 9.52. The van der Waals surface area contributed by atoms with Crippen molar-refractivity contribution in [2.75, 3.05) is 0 Å². The molecule has 9 heteroatoms. The summed E-state index contributed by atoms with van der Waals surface area (Å²) in [6.07, 6.45) is -7.44. The average Bonchev–Trinajstić information content (AvgIpc) is 2.26. The standard InChI is InChI=1S/C11H7F7O2/c12-9(13,5-8(19)20)6-1-3-7(4-2-6)10(14,15)11(16,17)18/h1-4H,5H2,(H,19,20). The Hall–Kier alpha value is -1.80. The second-order valence-electron chi connectivity index (χ2n) is 3.92. The Kier molecular flexibility index (Phi) is 4.02. The Morgan fingerprint density at radius 2 is 1.30 bits per heavy atom. The van der Waals surface area contributed by atoms with Crippen molar-refractivity contribution < 1.29 is 40.6 Å². The molecule has 0 heterocycles. The largest absolute Gasteiger partial charge is 0.481 e. The predicted octanol–water partition coefficient (Wildman–Crippen LogP) is 3.91. The number of rotatable bonds is 4. The van der Waals surface area contributed by atoms with Gasteiger partial charge in [0, 0.05) is 11.1 Å². The maximum absolute atomic E-state index is 13.3. The number of hydrogen-bond donors (Lipinski definition) is 1. The van der Waals surface area contributed by atoms with Crippen LogP contribution in [0.25, 0.3) is 0 Å². The van der Waals surface area contributed by atoms with Gasteiger partial charge in [0.2, 0.25) is 0 Å². The summed E-state index contributed by atoms with van der Waals surface area (Å²) in [4.78, 5) is 10.2. The molecule has 1 aromatic rings. The van der Waals surface area contributed by atoms with Crippen molar-refractivity contribution in [2.45, 2.75) is 24.4 Å². The average molecular weight is 304 g/mol. The van der Waals surface area contributed by atoms with Gasteiger partial charge in [-0.15, -0.1) is 0 Å². The summed E-state index contributed by atoms with van der Waals surface area (Å²) in [5.74, 6) is -10.9. The smallest absolute Gasteiger partial charge is 0.458 e. The second kappa shape index (κ2) is 4.95. The highest BCUT2D eigenvalue weighted by Crippen LogP contribution is 2.44. The van der Waals surface area contributed by atoms with Crippen molar-refractivity contribution >= 4 is 5.97 Å². The van der Waals surface area contributed by atoms with Gasteiger partial charge in [-0.2, -0.15) is 22.0 Å². The molecule has 112 valence electrons. The van der Waals surface area contributed by atoms with E-state index in [1.54, 1.807) is 0 Å². The van der Waals surface area contributed by atoms with Crippen molar-refractivity contribution in [3.05, 3.63) is 35.4 Å². The highest BCUT2D eigenvalue weighted by Gasteiger charge is 2.58. The van der Waals surface area contributed by atoms with Gasteiger partial charge in [-0.05, 0) is 0 Å². The second-order valence-corrected chi connectivity index (χ2v) is 3.92. The fourth-order valence-corrected chi connectivity index (χ4v) is 1.38. The van der Waals surface area contributed by atoms with Crippen LogP contribution < -0.4 is 0 Å². The summed E-state index contributed by atoms with van der Waals surface area (Å²) in [5, 5.41) is 8.25. The SMILES string of the molecule is O=C(O)CC(F)(F)c1ccc(C(F)(F)C(F)(F)F)cc1. The maximum atomic E-state index is 13.3. The molecule has 1 aromatic carbocycles. The Labute approximate surface area is 107 Å². The molecule has 0 radical (unpaired) electrons. The lowest BCUT2D eigenvalue weighted by atomic mass is 10.0. The lowest BCUT2D eigenvalue weighted by molar-refractivity contribution is -0.289. The summed E-state index contributed by atoms with van der Waals surface area (Å²) >= 11 is 0. The third kappa shape index (κ3) is 3.20. The lowest BCUT2D eigenvalue weighted by Crippen LogP contribution is -2.33. The molecule has 0 saturated heterocycles. The summed E-state index contributed by atoms with van der Waals surface area (Å²) in [6, 6.07) is 1.08. The molecule has 0 aliphatic heterocycles. The van der Waals surface area contributed by atoms with Crippen LogP contribution in [-0.4, -0.2) is 17.3 Å². The fraction of sp³-hybridized carbons (Fsp3) is 0.364. The van der Waals surface area contributed by atoms with Gasteiger partial charge < -0.3 is 5.11 Å². The van der Waals surface area contributed by atoms with Crippen LogP contribution in [0.15, 0.2) is 24.3 Å². The number of carbonyl (C=O) groups is 1. The van der Waals surface area contributed by atoms with Gasteiger partial charge in [-0.3, -0.25) is 4.79 Å². The van der Waals surface area contributed by atoms with E-state index in [4.69, 9.17) is 5.11 Å². The molecule has 2 nitrogen and oxygen atoms in total. The van der Waals surface area contributed by atoms with Gasteiger partial charge in [0.1, 0.15) is 6.42 Å². The van der Waals surface area contributed by atoms with Gasteiger partial charge >= 0.3 is 18.1 Å². The highest BCUT2D eigenvalue weighted by atomic mass is 19.4. The number of halogens is 7. The third-order valence-corrected chi connectivity index (χ3v) is 2.40. The Bertz CT molecular complexity index is 490. The molecular formula is C11H7F7O2. The molecule has 0 unspecified atom stereocenters. The minimum absolute atomic E-state index is 0.193. The van der Waals surface area contributed by atoms with Crippen LogP contribution in [0.5, 0.6) is 0 Å². The van der Waals surface area contributed by atoms with E-state index in [-0.39, 0.29) is 12.1 Å². The van der Waals surface area contributed by atoms with Crippen molar-refractivity contribution in [3.63, 3.8) is 0 Å². The van der Waals surface area contributed by atoms with E-state index in [1.807, 2.05) is 0 Å². The first-order chi connectivity index (χ1) is 8.88. The first-order valence-corrected chi connectivity index (χ1v) is 5.03. The summed E-state index contributed by atoms with van der Waals surface area (Å²) in [5.41, 5.74) is -2.46. The minimum atomic E-state index is -5.85. The number of aliphatic carboxylic acids is 1. The monoisotopic (exact) mass is 304 g/mol. The first-order valence-electron chi connectivity index (χ1n) is 5.03. The van der Waals surface area contributed by atoms with E-state index in [9.17, 15) is 35.5 Å². The van der Waals surface area contributed by atoms with Gasteiger partial charge in [-0.1, -0.05) is 24.3 Å². The number of hydrogen-bond acceptors (Lipinski definition) is 1.